The van der Waals surface area contributed by atoms with Crippen molar-refractivity contribution in [3.63, 3.8) is 0 Å². The summed E-state index contributed by atoms with van der Waals surface area (Å²) >= 11 is 0. The first-order chi connectivity index (χ1) is 11.6. The van der Waals surface area contributed by atoms with Crippen molar-refractivity contribution < 1.29 is 29.5 Å². The van der Waals surface area contributed by atoms with Crippen molar-refractivity contribution in [1.82, 2.24) is 11.0 Å². The quantitative estimate of drug-likeness (QED) is 0.295. The number of ether oxygens (including phenoxy) is 2. The van der Waals surface area contributed by atoms with E-state index in [0.29, 0.717) is 13.2 Å². The monoisotopic (exact) mass is 340 g/mol. The number of nitrogens with one attached hydrogen (secondary N) is 2. The molecule has 0 fully saturated rings. The van der Waals surface area contributed by atoms with E-state index in [1.54, 1.807) is 11.0 Å². The molecule has 0 atom stereocenters. The molecule has 0 heterocycles. The number of hydrogen-bond acceptors (Lipinski definition) is 6. The van der Waals surface area contributed by atoms with Gasteiger partial charge in [-0.15, -0.1) is 0 Å². The fraction of sp³-hybridized carbons (Fsp3) is 0.500. The molecule has 8 nitrogen and oxygen atoms in total. The molecule has 0 spiro atoms. The maximum Gasteiger partial charge on any atom is 0.278 e. The minimum Gasteiger partial charge on any atom is -0.493 e. The average Bonchev–Trinajstić information content (AvgIpc) is 2.61. The van der Waals surface area contributed by atoms with Gasteiger partial charge < -0.3 is 9.47 Å². The van der Waals surface area contributed by atoms with E-state index in [2.05, 4.69) is 0 Å². The molecule has 4 N–H and O–H groups in total. The molecule has 134 valence electrons. The van der Waals surface area contributed by atoms with Crippen LogP contribution in [0.25, 0.3) is 0 Å². The van der Waals surface area contributed by atoms with E-state index in [1.807, 2.05) is 13.8 Å². The molecule has 0 aliphatic rings. The summed E-state index contributed by atoms with van der Waals surface area (Å²) in [5.41, 5.74) is 3.16. The number of unbranched alkanes of at least 4 members (excludes halogenated alkanes) is 2. The standard InChI is InChI=1S/C16H24N2O6/c1-3-5-7-23-13-9-12(16(20)18-22)14(24-8-6-4-2)10-11(13)15(19)17-21/h9-10,21-22H,3-8H2,1-2H3,(H,17,19)(H,18,20). The highest BCUT2D eigenvalue weighted by molar-refractivity contribution is 6.01. The highest BCUT2D eigenvalue weighted by Gasteiger charge is 2.21. The fourth-order valence-corrected chi connectivity index (χ4v) is 1.93. The van der Waals surface area contributed by atoms with Crippen LogP contribution < -0.4 is 20.4 Å². The zero-order valence-electron chi connectivity index (χ0n) is 13.9. The first kappa shape index (κ1) is 19.7. The Balaban J connectivity index is 3.24. The van der Waals surface area contributed by atoms with Crippen molar-refractivity contribution in [2.75, 3.05) is 13.2 Å². The predicted octanol–water partition coefficient (Wildman–Crippen LogP) is 2.28. The summed E-state index contributed by atoms with van der Waals surface area (Å²) in [6, 6.07) is 2.63. The number of hydroxylamine groups is 2. The number of amides is 2. The molecule has 24 heavy (non-hydrogen) atoms. The Hall–Kier alpha value is -2.32. The zero-order chi connectivity index (χ0) is 17.9. The summed E-state index contributed by atoms with van der Waals surface area (Å²) in [5, 5.41) is 17.8. The van der Waals surface area contributed by atoms with Gasteiger partial charge in [0.25, 0.3) is 11.8 Å². The van der Waals surface area contributed by atoms with Crippen LogP contribution in [0.2, 0.25) is 0 Å². The molecule has 0 bridgehead atoms. The van der Waals surface area contributed by atoms with Gasteiger partial charge in [0.1, 0.15) is 11.5 Å². The van der Waals surface area contributed by atoms with E-state index in [-0.39, 0.29) is 22.6 Å². The predicted molar refractivity (Wildman–Crippen MR) is 85.8 cm³/mol. The third-order valence-corrected chi connectivity index (χ3v) is 3.29. The van der Waals surface area contributed by atoms with Crippen LogP contribution in [0.3, 0.4) is 0 Å². The summed E-state index contributed by atoms with van der Waals surface area (Å²) in [6.07, 6.45) is 3.31. The van der Waals surface area contributed by atoms with E-state index in [9.17, 15) is 9.59 Å². The summed E-state index contributed by atoms with van der Waals surface area (Å²) < 4.78 is 11.1. The molecular weight excluding hydrogens is 316 g/mol. The molecule has 1 rings (SSSR count). The van der Waals surface area contributed by atoms with Crippen LogP contribution in [0.1, 0.15) is 60.2 Å². The lowest BCUT2D eigenvalue weighted by Gasteiger charge is -2.16. The van der Waals surface area contributed by atoms with Crippen molar-refractivity contribution in [2.24, 2.45) is 0 Å². The van der Waals surface area contributed by atoms with E-state index < -0.39 is 11.8 Å². The second kappa shape index (κ2) is 10.5. The second-order valence-corrected chi connectivity index (χ2v) is 5.13. The molecule has 0 aromatic heterocycles. The SMILES string of the molecule is CCCCOc1cc(C(=O)NO)c(OCCCC)cc1C(=O)NO. The molecule has 1 aromatic rings. The Morgan fingerprint density at radius 3 is 1.54 bits per heavy atom. The van der Waals surface area contributed by atoms with Gasteiger partial charge in [0.2, 0.25) is 0 Å². The number of carbonyl (C=O) groups is 2. The highest BCUT2D eigenvalue weighted by Crippen LogP contribution is 2.30. The van der Waals surface area contributed by atoms with E-state index in [1.165, 1.54) is 12.1 Å². The van der Waals surface area contributed by atoms with Crippen LogP contribution >= 0.6 is 0 Å². The van der Waals surface area contributed by atoms with Crippen molar-refractivity contribution in [3.8, 4) is 11.5 Å². The van der Waals surface area contributed by atoms with Crippen molar-refractivity contribution >= 4 is 11.8 Å². The van der Waals surface area contributed by atoms with Gasteiger partial charge in [-0.2, -0.15) is 0 Å². The van der Waals surface area contributed by atoms with E-state index >= 15 is 0 Å². The Bertz CT molecular complexity index is 512. The molecule has 0 aliphatic carbocycles. The first-order valence-electron chi connectivity index (χ1n) is 7.91. The maximum atomic E-state index is 11.9. The van der Waals surface area contributed by atoms with E-state index in [0.717, 1.165) is 25.7 Å². The number of rotatable bonds is 10. The molecule has 0 saturated carbocycles. The molecule has 8 heteroatoms. The summed E-state index contributed by atoms with van der Waals surface area (Å²) in [7, 11) is 0. The Kier molecular flexibility index (Phi) is 8.59. The third kappa shape index (κ3) is 5.39. The Labute approximate surface area is 140 Å². The fourth-order valence-electron chi connectivity index (χ4n) is 1.93. The van der Waals surface area contributed by atoms with Crippen molar-refractivity contribution in [3.05, 3.63) is 23.3 Å². The molecule has 1 aromatic carbocycles. The number of carbonyl (C=O) groups excluding carboxylic acids is 2. The first-order valence-corrected chi connectivity index (χ1v) is 7.91. The van der Waals surface area contributed by atoms with Gasteiger partial charge in [-0.3, -0.25) is 20.0 Å². The van der Waals surface area contributed by atoms with Gasteiger partial charge in [-0.25, -0.2) is 11.0 Å². The van der Waals surface area contributed by atoms with Gasteiger partial charge in [-0.1, -0.05) is 26.7 Å². The lowest BCUT2D eigenvalue weighted by molar-refractivity contribution is 0.0690. The lowest BCUT2D eigenvalue weighted by Crippen LogP contribution is -2.23. The molecule has 2 amide bonds. The highest BCUT2D eigenvalue weighted by atomic mass is 16.5. The summed E-state index contributed by atoms with van der Waals surface area (Å²) in [4.78, 5) is 23.7. The maximum absolute atomic E-state index is 11.9. The third-order valence-electron chi connectivity index (χ3n) is 3.29. The Morgan fingerprint density at radius 2 is 1.25 bits per heavy atom. The van der Waals surface area contributed by atoms with Crippen LogP contribution in [0.15, 0.2) is 12.1 Å². The van der Waals surface area contributed by atoms with Crippen LogP contribution in [0, 0.1) is 0 Å². The topological polar surface area (TPSA) is 117 Å². The zero-order valence-corrected chi connectivity index (χ0v) is 13.9. The van der Waals surface area contributed by atoms with Gasteiger partial charge in [0.05, 0.1) is 24.3 Å². The van der Waals surface area contributed by atoms with Crippen LogP contribution in [-0.2, 0) is 0 Å². The second-order valence-electron chi connectivity index (χ2n) is 5.13. The molecule has 0 radical (unpaired) electrons. The minimum atomic E-state index is -0.780. The largest absolute Gasteiger partial charge is 0.493 e. The lowest BCUT2D eigenvalue weighted by atomic mass is 10.1. The van der Waals surface area contributed by atoms with Gasteiger partial charge in [0.15, 0.2) is 0 Å². The van der Waals surface area contributed by atoms with Crippen LogP contribution in [0.5, 0.6) is 11.5 Å². The molecular formula is C16H24N2O6. The van der Waals surface area contributed by atoms with Crippen molar-refractivity contribution in [1.29, 1.82) is 0 Å². The van der Waals surface area contributed by atoms with Gasteiger partial charge in [-0.05, 0) is 25.0 Å². The van der Waals surface area contributed by atoms with Crippen LogP contribution in [-0.4, -0.2) is 35.4 Å². The van der Waals surface area contributed by atoms with Crippen LogP contribution in [0.4, 0.5) is 0 Å². The molecule has 0 saturated heterocycles. The molecule has 0 unspecified atom stereocenters. The summed E-state index contributed by atoms with van der Waals surface area (Å²) in [5.74, 6) is -1.32. The smallest absolute Gasteiger partial charge is 0.278 e. The van der Waals surface area contributed by atoms with E-state index in [4.69, 9.17) is 19.9 Å². The number of hydrogen-bond donors (Lipinski definition) is 4. The van der Waals surface area contributed by atoms with Gasteiger partial charge in [0, 0.05) is 0 Å². The average molecular weight is 340 g/mol. The normalized spacial score (nSPS) is 10.2. The molecule has 0 aliphatic heterocycles. The minimum absolute atomic E-state index is 0.0367. The Morgan fingerprint density at radius 1 is 0.875 bits per heavy atom. The summed E-state index contributed by atoms with van der Waals surface area (Å²) in [6.45, 7) is 4.66. The van der Waals surface area contributed by atoms with Crippen molar-refractivity contribution in [2.45, 2.75) is 39.5 Å². The van der Waals surface area contributed by atoms with Gasteiger partial charge >= 0.3 is 0 Å². The number of benzene rings is 1.